The molecule has 1 aliphatic carbocycles. The number of rotatable bonds is 7. The molecule has 172 valence electrons. The molecule has 2 fully saturated rings. The first-order chi connectivity index (χ1) is 16.1. The van der Waals surface area contributed by atoms with Gasteiger partial charge in [-0.05, 0) is 49.1 Å². The molecule has 9 heteroatoms. The summed E-state index contributed by atoms with van der Waals surface area (Å²) in [6.07, 6.45) is 5.32. The van der Waals surface area contributed by atoms with Crippen LogP contribution in [0.25, 0.3) is 22.4 Å². The van der Waals surface area contributed by atoms with Crippen LogP contribution in [-0.4, -0.2) is 71.0 Å². The Labute approximate surface area is 192 Å². The lowest BCUT2D eigenvalue weighted by molar-refractivity contribution is 0.0149. The third-order valence-electron chi connectivity index (χ3n) is 6.51. The smallest absolute Gasteiger partial charge is 0.233 e. The molecule has 1 unspecified atom stereocenters. The van der Waals surface area contributed by atoms with Gasteiger partial charge in [-0.3, -0.25) is 0 Å². The van der Waals surface area contributed by atoms with Crippen LogP contribution in [0.4, 0.5) is 5.82 Å². The predicted molar refractivity (Wildman–Crippen MR) is 124 cm³/mol. The fourth-order valence-electron chi connectivity index (χ4n) is 4.50. The third-order valence-corrected chi connectivity index (χ3v) is 6.51. The molecule has 1 aromatic carbocycles. The second-order valence-corrected chi connectivity index (χ2v) is 8.62. The Hall–Kier alpha value is -3.30. The van der Waals surface area contributed by atoms with Crippen molar-refractivity contribution in [2.45, 2.75) is 37.5 Å². The molecule has 33 heavy (non-hydrogen) atoms. The van der Waals surface area contributed by atoms with Gasteiger partial charge in [0.1, 0.15) is 5.75 Å². The highest BCUT2D eigenvalue weighted by molar-refractivity contribution is 5.74. The number of aromatic nitrogens is 4. The molecule has 2 aliphatic rings. The van der Waals surface area contributed by atoms with Crippen LogP contribution in [-0.2, 0) is 4.74 Å². The van der Waals surface area contributed by atoms with Crippen LogP contribution in [0.1, 0.15) is 19.3 Å². The average molecular weight is 449 g/mol. The van der Waals surface area contributed by atoms with Gasteiger partial charge in [-0.25, -0.2) is 0 Å². The number of hydrogen-bond donors (Lipinski definition) is 2. The van der Waals surface area contributed by atoms with Crippen LogP contribution in [0.2, 0.25) is 0 Å². The van der Waals surface area contributed by atoms with Crippen LogP contribution in [0, 0.1) is 0 Å². The van der Waals surface area contributed by atoms with Crippen molar-refractivity contribution >= 4 is 5.82 Å². The van der Waals surface area contributed by atoms with Crippen molar-refractivity contribution in [1.29, 1.82) is 0 Å². The summed E-state index contributed by atoms with van der Waals surface area (Å²) in [6.45, 7) is 1.88. The third kappa shape index (κ3) is 4.60. The maximum atomic E-state index is 10.6. The Morgan fingerprint density at radius 1 is 1.00 bits per heavy atom. The van der Waals surface area contributed by atoms with Crippen molar-refractivity contribution in [2.75, 3.05) is 32.2 Å². The number of benzene rings is 1. The minimum absolute atomic E-state index is 0.130. The van der Waals surface area contributed by atoms with E-state index in [1.54, 1.807) is 32.5 Å². The monoisotopic (exact) mass is 448 g/mol. The van der Waals surface area contributed by atoms with Gasteiger partial charge >= 0.3 is 0 Å². The molecule has 0 spiro atoms. The van der Waals surface area contributed by atoms with Gasteiger partial charge in [0.2, 0.25) is 5.88 Å². The fourth-order valence-corrected chi connectivity index (χ4v) is 4.50. The van der Waals surface area contributed by atoms with Crippen LogP contribution in [0.5, 0.6) is 11.6 Å². The van der Waals surface area contributed by atoms with E-state index in [1.165, 1.54) is 0 Å². The second-order valence-electron chi connectivity index (χ2n) is 8.62. The number of hydrogen-bond acceptors (Lipinski definition) is 9. The molecule has 0 radical (unpaired) electrons. The number of phenols is 1. The first-order valence-corrected chi connectivity index (χ1v) is 11.2. The Morgan fingerprint density at radius 2 is 1.88 bits per heavy atom. The maximum Gasteiger partial charge on any atom is 0.233 e. The summed E-state index contributed by atoms with van der Waals surface area (Å²) in [6, 6.07) is 12.1. The lowest BCUT2D eigenvalue weighted by atomic mass is 9.88. The number of nitrogens with zero attached hydrogens (tertiary/aromatic N) is 5. The largest absolute Gasteiger partial charge is 0.507 e. The molecule has 1 saturated heterocycles. The Kier molecular flexibility index (Phi) is 6.06. The topological polar surface area (TPSA) is 106 Å². The maximum absolute atomic E-state index is 10.6. The molecule has 1 saturated carbocycles. The van der Waals surface area contributed by atoms with E-state index in [0.717, 1.165) is 49.3 Å². The summed E-state index contributed by atoms with van der Waals surface area (Å²) in [4.78, 5) is 2.26. The van der Waals surface area contributed by atoms with Crippen LogP contribution < -0.4 is 15.0 Å². The van der Waals surface area contributed by atoms with E-state index in [0.29, 0.717) is 35.3 Å². The fraction of sp³-hybridized carbons (Fsp3) is 0.417. The van der Waals surface area contributed by atoms with E-state index in [9.17, 15) is 5.11 Å². The molecule has 9 nitrogen and oxygen atoms in total. The molecule has 5 rings (SSSR count). The van der Waals surface area contributed by atoms with Gasteiger partial charge < -0.3 is 24.8 Å². The second kappa shape index (κ2) is 9.29. The SMILES string of the molecule is COc1cc(-c2ccc(-c3ccc(N4CCC(N[C@H]5C[C@@H](OC)C5)C4)nn3)c(O)c2)cnn1. The van der Waals surface area contributed by atoms with E-state index in [4.69, 9.17) is 9.47 Å². The van der Waals surface area contributed by atoms with Gasteiger partial charge in [0.15, 0.2) is 5.82 Å². The van der Waals surface area contributed by atoms with Crippen LogP contribution in [0.3, 0.4) is 0 Å². The van der Waals surface area contributed by atoms with E-state index in [1.807, 2.05) is 24.3 Å². The molecule has 0 amide bonds. The van der Waals surface area contributed by atoms with Gasteiger partial charge in [-0.15, -0.1) is 15.3 Å². The minimum atomic E-state index is 0.130. The predicted octanol–water partition coefficient (Wildman–Crippen LogP) is 2.66. The highest BCUT2D eigenvalue weighted by Crippen LogP contribution is 2.33. The molecule has 3 aromatic rings. The standard InChI is InChI=1S/C24H28N6O3/c1-32-19-11-18(12-19)26-17-7-8-30(14-17)23-6-5-21(27-28-23)20-4-3-15(9-22(20)31)16-10-24(33-2)29-25-13-16/h3-6,9-10,13,17-19,26,31H,7-8,11-12,14H2,1-2H3/t17?,18-,19+. The van der Waals surface area contributed by atoms with E-state index in [2.05, 4.69) is 30.6 Å². The average Bonchev–Trinajstić information content (AvgIpc) is 3.30. The number of aromatic hydroxyl groups is 1. The zero-order valence-corrected chi connectivity index (χ0v) is 18.8. The molecular formula is C24H28N6O3. The summed E-state index contributed by atoms with van der Waals surface area (Å²) < 4.78 is 10.5. The van der Waals surface area contributed by atoms with Crippen LogP contribution in [0.15, 0.2) is 42.6 Å². The lowest BCUT2D eigenvalue weighted by Crippen LogP contribution is -2.49. The van der Waals surface area contributed by atoms with Gasteiger partial charge in [0.25, 0.3) is 0 Å². The zero-order chi connectivity index (χ0) is 22.8. The molecule has 2 N–H and O–H groups in total. The molecule has 2 aromatic heterocycles. The molecule has 1 aliphatic heterocycles. The van der Waals surface area contributed by atoms with Crippen molar-refractivity contribution in [3.63, 3.8) is 0 Å². The van der Waals surface area contributed by atoms with Crippen molar-refractivity contribution in [1.82, 2.24) is 25.7 Å². The summed E-state index contributed by atoms with van der Waals surface area (Å²) >= 11 is 0. The highest BCUT2D eigenvalue weighted by Gasteiger charge is 2.33. The first kappa shape index (κ1) is 21.5. The number of nitrogens with one attached hydrogen (secondary N) is 1. The number of methoxy groups -OCH3 is 2. The van der Waals surface area contributed by atoms with Gasteiger partial charge in [-0.2, -0.15) is 5.10 Å². The summed E-state index contributed by atoms with van der Waals surface area (Å²) in [5.74, 6) is 1.41. The van der Waals surface area contributed by atoms with Crippen molar-refractivity contribution < 1.29 is 14.6 Å². The Bertz CT molecular complexity index is 1100. The van der Waals surface area contributed by atoms with E-state index < -0.39 is 0 Å². The highest BCUT2D eigenvalue weighted by atomic mass is 16.5. The Morgan fingerprint density at radius 3 is 2.61 bits per heavy atom. The summed E-state index contributed by atoms with van der Waals surface area (Å²) in [5.41, 5.74) is 2.88. The Balaban J connectivity index is 1.24. The first-order valence-electron chi connectivity index (χ1n) is 11.2. The minimum Gasteiger partial charge on any atom is -0.507 e. The number of anilines is 1. The number of ether oxygens (including phenoxy) is 2. The molecule has 0 bridgehead atoms. The molecule has 1 atom stereocenters. The van der Waals surface area contributed by atoms with Crippen molar-refractivity contribution in [3.8, 4) is 34.0 Å². The van der Waals surface area contributed by atoms with E-state index in [-0.39, 0.29) is 5.75 Å². The van der Waals surface area contributed by atoms with Gasteiger partial charge in [-0.1, -0.05) is 6.07 Å². The van der Waals surface area contributed by atoms with Crippen molar-refractivity contribution in [2.24, 2.45) is 0 Å². The lowest BCUT2D eigenvalue weighted by Gasteiger charge is -2.36. The summed E-state index contributed by atoms with van der Waals surface area (Å²) in [7, 11) is 3.32. The quantitative estimate of drug-likeness (QED) is 0.564. The van der Waals surface area contributed by atoms with Crippen molar-refractivity contribution in [3.05, 3.63) is 42.6 Å². The molecular weight excluding hydrogens is 420 g/mol. The number of phenolic OH excluding ortho intramolecular Hbond substituents is 1. The normalized spacial score (nSPS) is 22.2. The summed E-state index contributed by atoms with van der Waals surface area (Å²) in [5, 5.41) is 31.0. The van der Waals surface area contributed by atoms with Crippen LogP contribution >= 0.6 is 0 Å². The van der Waals surface area contributed by atoms with Gasteiger partial charge in [0.05, 0.1) is 25.1 Å². The van der Waals surface area contributed by atoms with Gasteiger partial charge in [0, 0.05) is 49.5 Å². The molecule has 3 heterocycles. The van der Waals surface area contributed by atoms with E-state index >= 15 is 0 Å². The zero-order valence-electron chi connectivity index (χ0n) is 18.8.